The molecule has 0 spiro atoms. The van der Waals surface area contributed by atoms with Crippen LogP contribution < -0.4 is 10.2 Å². The summed E-state index contributed by atoms with van der Waals surface area (Å²) in [7, 11) is 4.05. The molecule has 1 N–H and O–H groups in total. The van der Waals surface area contributed by atoms with Crippen LogP contribution in [0.2, 0.25) is 0 Å². The summed E-state index contributed by atoms with van der Waals surface area (Å²) in [5.41, 5.74) is 2.21. The molecular weight excluding hydrogens is 382 g/mol. The quantitative estimate of drug-likeness (QED) is 0.725. The smallest absolute Gasteiger partial charge is 0.227 e. The summed E-state index contributed by atoms with van der Waals surface area (Å²) >= 11 is 1.77. The number of fused-ring (bicyclic) bond motifs is 1. The molecule has 1 aliphatic heterocycles. The summed E-state index contributed by atoms with van der Waals surface area (Å²) in [6.07, 6.45) is 1.32. The lowest BCUT2D eigenvalue weighted by atomic mass is 10.1. The number of hydrogen-bond donors (Lipinski definition) is 1. The predicted octanol–water partition coefficient (Wildman–Crippen LogP) is 3.19. The van der Waals surface area contributed by atoms with Crippen LogP contribution in [0.25, 0.3) is 0 Å². The van der Waals surface area contributed by atoms with Gasteiger partial charge in [-0.25, -0.2) is 0 Å². The zero-order valence-electron chi connectivity index (χ0n) is 17.1. The van der Waals surface area contributed by atoms with Crippen molar-refractivity contribution in [3.05, 3.63) is 60.2 Å². The topological polar surface area (TPSA) is 52.7 Å². The summed E-state index contributed by atoms with van der Waals surface area (Å²) in [4.78, 5) is 30.1. The summed E-state index contributed by atoms with van der Waals surface area (Å²) in [5.74, 6) is 0.832. The van der Waals surface area contributed by atoms with E-state index >= 15 is 0 Å². The standard InChI is InChI=1S/C23H29N3O2S/c1-25(2)19(16-18-8-4-3-5-9-18)17-24-22(27)12-13-23(28)26-14-15-29-21-11-7-6-10-20(21)26/h3-11,19H,12-17H2,1-2H3,(H,24,27). The minimum atomic E-state index is -0.0714. The summed E-state index contributed by atoms with van der Waals surface area (Å²) in [5, 5.41) is 3.01. The van der Waals surface area contributed by atoms with E-state index in [0.717, 1.165) is 22.8 Å². The number of carbonyl (C=O) groups is 2. The molecule has 0 radical (unpaired) electrons. The molecule has 3 rings (SSSR count). The maximum atomic E-state index is 12.7. The van der Waals surface area contributed by atoms with Gasteiger partial charge in [-0.1, -0.05) is 42.5 Å². The number of nitrogens with one attached hydrogen (secondary N) is 1. The summed E-state index contributed by atoms with van der Waals surface area (Å²) < 4.78 is 0. The van der Waals surface area contributed by atoms with E-state index in [1.54, 1.807) is 11.8 Å². The van der Waals surface area contributed by atoms with Crippen LogP contribution in [-0.2, 0) is 16.0 Å². The molecule has 0 aliphatic carbocycles. The second kappa shape index (κ2) is 10.5. The highest BCUT2D eigenvalue weighted by Gasteiger charge is 2.23. The normalized spacial score (nSPS) is 14.4. The van der Waals surface area contributed by atoms with Gasteiger partial charge in [0.1, 0.15) is 0 Å². The van der Waals surface area contributed by atoms with Gasteiger partial charge in [0, 0.05) is 42.6 Å². The minimum absolute atomic E-state index is 0.0151. The zero-order chi connectivity index (χ0) is 20.6. The lowest BCUT2D eigenvalue weighted by molar-refractivity contribution is -0.125. The van der Waals surface area contributed by atoms with Crippen LogP contribution in [0.1, 0.15) is 18.4 Å². The van der Waals surface area contributed by atoms with Gasteiger partial charge in [-0.15, -0.1) is 11.8 Å². The number of hydrogen-bond acceptors (Lipinski definition) is 4. The Balaban J connectivity index is 1.47. The Bertz CT molecular complexity index is 826. The van der Waals surface area contributed by atoms with Crippen LogP contribution >= 0.6 is 11.8 Å². The Hall–Kier alpha value is -2.31. The fraction of sp³-hybridized carbons (Fsp3) is 0.391. The molecule has 0 aromatic heterocycles. The summed E-state index contributed by atoms with van der Waals surface area (Å²) in [6, 6.07) is 18.4. The van der Waals surface area contributed by atoms with E-state index in [1.807, 2.05) is 61.5 Å². The molecule has 0 bridgehead atoms. The number of benzene rings is 2. The van der Waals surface area contributed by atoms with Crippen molar-refractivity contribution in [1.29, 1.82) is 0 Å². The van der Waals surface area contributed by atoms with Gasteiger partial charge in [-0.3, -0.25) is 9.59 Å². The Morgan fingerprint density at radius 1 is 1.07 bits per heavy atom. The Morgan fingerprint density at radius 3 is 2.55 bits per heavy atom. The number of thioether (sulfide) groups is 1. The van der Waals surface area contributed by atoms with Gasteiger partial charge < -0.3 is 15.1 Å². The number of anilines is 1. The van der Waals surface area contributed by atoms with E-state index in [2.05, 4.69) is 22.3 Å². The molecule has 0 saturated carbocycles. The molecule has 6 heteroatoms. The SMILES string of the molecule is CN(C)C(CNC(=O)CCC(=O)N1CCSc2ccccc21)Cc1ccccc1. The molecule has 1 atom stereocenters. The number of likely N-dealkylation sites (N-methyl/N-ethyl adjacent to an activating group) is 1. The molecule has 2 aromatic carbocycles. The first-order valence-corrected chi connectivity index (χ1v) is 11.0. The number of amides is 2. The van der Waals surface area contributed by atoms with Crippen LogP contribution in [0, 0.1) is 0 Å². The third-order valence-corrected chi connectivity index (χ3v) is 6.22. The number of nitrogens with zero attached hydrogens (tertiary/aromatic N) is 2. The largest absolute Gasteiger partial charge is 0.355 e. The van der Waals surface area contributed by atoms with Crippen molar-refractivity contribution in [1.82, 2.24) is 10.2 Å². The minimum Gasteiger partial charge on any atom is -0.355 e. The van der Waals surface area contributed by atoms with Crippen molar-refractivity contribution in [3.63, 3.8) is 0 Å². The van der Waals surface area contributed by atoms with Gasteiger partial charge >= 0.3 is 0 Å². The third kappa shape index (κ3) is 6.08. The Morgan fingerprint density at radius 2 is 1.79 bits per heavy atom. The monoisotopic (exact) mass is 411 g/mol. The highest BCUT2D eigenvalue weighted by molar-refractivity contribution is 7.99. The van der Waals surface area contributed by atoms with Gasteiger partial charge in [0.25, 0.3) is 0 Å². The number of para-hydroxylation sites is 1. The first-order chi connectivity index (χ1) is 14.0. The fourth-order valence-corrected chi connectivity index (χ4v) is 4.42. The molecule has 0 fully saturated rings. The van der Waals surface area contributed by atoms with E-state index in [4.69, 9.17) is 0 Å². The van der Waals surface area contributed by atoms with Crippen LogP contribution in [0.3, 0.4) is 0 Å². The van der Waals surface area contributed by atoms with E-state index in [9.17, 15) is 9.59 Å². The number of carbonyl (C=O) groups excluding carboxylic acids is 2. The zero-order valence-corrected chi connectivity index (χ0v) is 18.0. The van der Waals surface area contributed by atoms with Crippen LogP contribution in [0.15, 0.2) is 59.5 Å². The van der Waals surface area contributed by atoms with Crippen molar-refractivity contribution in [2.24, 2.45) is 0 Å². The molecule has 154 valence electrons. The van der Waals surface area contributed by atoms with E-state index in [0.29, 0.717) is 13.1 Å². The van der Waals surface area contributed by atoms with Crippen molar-refractivity contribution < 1.29 is 9.59 Å². The van der Waals surface area contributed by atoms with Crippen molar-refractivity contribution >= 4 is 29.3 Å². The molecule has 2 amide bonds. The molecule has 29 heavy (non-hydrogen) atoms. The average molecular weight is 412 g/mol. The first kappa shape index (κ1) is 21.4. The van der Waals surface area contributed by atoms with E-state index in [-0.39, 0.29) is 30.7 Å². The second-order valence-electron chi connectivity index (χ2n) is 7.47. The second-order valence-corrected chi connectivity index (χ2v) is 8.61. The molecule has 2 aromatic rings. The van der Waals surface area contributed by atoms with Gasteiger partial charge in [0.05, 0.1) is 5.69 Å². The maximum absolute atomic E-state index is 12.7. The fourth-order valence-electron chi connectivity index (χ4n) is 3.43. The molecular formula is C23H29N3O2S. The van der Waals surface area contributed by atoms with Crippen LogP contribution in [0.5, 0.6) is 0 Å². The lowest BCUT2D eigenvalue weighted by Crippen LogP contribution is -2.42. The highest BCUT2D eigenvalue weighted by Crippen LogP contribution is 2.34. The van der Waals surface area contributed by atoms with Crippen molar-refractivity contribution in [2.45, 2.75) is 30.2 Å². The molecule has 1 heterocycles. The molecule has 0 saturated heterocycles. The predicted molar refractivity (Wildman–Crippen MR) is 119 cm³/mol. The van der Waals surface area contributed by atoms with Crippen LogP contribution in [-0.4, -0.2) is 55.7 Å². The third-order valence-electron chi connectivity index (χ3n) is 5.17. The van der Waals surface area contributed by atoms with E-state index in [1.165, 1.54) is 5.56 Å². The van der Waals surface area contributed by atoms with Gasteiger partial charge in [-0.2, -0.15) is 0 Å². The van der Waals surface area contributed by atoms with Crippen molar-refractivity contribution in [3.8, 4) is 0 Å². The molecule has 1 unspecified atom stereocenters. The first-order valence-electron chi connectivity index (χ1n) is 10.0. The highest BCUT2D eigenvalue weighted by atomic mass is 32.2. The van der Waals surface area contributed by atoms with E-state index < -0.39 is 0 Å². The Labute approximate surface area is 177 Å². The lowest BCUT2D eigenvalue weighted by Gasteiger charge is -2.29. The molecule has 1 aliphatic rings. The summed E-state index contributed by atoms with van der Waals surface area (Å²) in [6.45, 7) is 1.26. The van der Waals surface area contributed by atoms with Gasteiger partial charge in [0.15, 0.2) is 0 Å². The average Bonchev–Trinajstić information content (AvgIpc) is 2.75. The molecule has 5 nitrogen and oxygen atoms in total. The van der Waals surface area contributed by atoms with Crippen LogP contribution in [0.4, 0.5) is 5.69 Å². The van der Waals surface area contributed by atoms with Gasteiger partial charge in [0.2, 0.25) is 11.8 Å². The number of rotatable bonds is 8. The Kier molecular flexibility index (Phi) is 7.72. The van der Waals surface area contributed by atoms with Crippen molar-refractivity contribution in [2.75, 3.05) is 37.8 Å². The van der Waals surface area contributed by atoms with Gasteiger partial charge in [-0.05, 0) is 38.2 Å². The maximum Gasteiger partial charge on any atom is 0.227 e.